The second-order valence-corrected chi connectivity index (χ2v) is 12.6. The molecule has 0 radical (unpaired) electrons. The van der Waals surface area contributed by atoms with Gasteiger partial charge in [-0.05, 0) is 41.3 Å². The predicted octanol–water partition coefficient (Wildman–Crippen LogP) is 4.09. The number of benzene rings is 2. The van der Waals surface area contributed by atoms with Crippen LogP contribution in [0, 0.1) is 0 Å². The van der Waals surface area contributed by atoms with E-state index in [1.54, 1.807) is 66.9 Å². The van der Waals surface area contributed by atoms with Crippen molar-refractivity contribution >= 4 is 39.1 Å². The highest BCUT2D eigenvalue weighted by Crippen LogP contribution is 2.29. The summed E-state index contributed by atoms with van der Waals surface area (Å²) in [7, 11) is -4.08. The van der Waals surface area contributed by atoms with Gasteiger partial charge in [0.25, 0.3) is 15.9 Å². The fraction of sp³-hybridized carbons (Fsp3) is 0.226. The normalized spacial score (nSPS) is 12.7. The van der Waals surface area contributed by atoms with Gasteiger partial charge >= 0.3 is 5.97 Å². The highest BCUT2D eigenvalue weighted by Gasteiger charge is 2.30. The van der Waals surface area contributed by atoms with E-state index in [4.69, 9.17) is 0 Å². The van der Waals surface area contributed by atoms with Crippen molar-refractivity contribution in [3.05, 3.63) is 105 Å². The number of hydrogen-bond donors (Lipinski definition) is 4. The molecule has 0 aliphatic rings. The van der Waals surface area contributed by atoms with E-state index >= 15 is 0 Å². The molecule has 0 saturated carbocycles. The standard InChI is InChI=1S/C31H31N3O7S2/c1-3-9-25-22(17-26(42-25)30(37)33-28(29(36)31(38)39)21-10-5-4-6-11-21)16-20-14-15-24(32-18-20)23-12-7-8-13-27(23)43(40,41)34-19(2)35/h4-8,10-15,17-18,28-29,36H,3,9,16H2,1-2H3,(H,33,37)(H,34,35)(H,38,39). The van der Waals surface area contributed by atoms with Crippen LogP contribution in [0.25, 0.3) is 11.3 Å². The third-order valence-electron chi connectivity index (χ3n) is 6.56. The lowest BCUT2D eigenvalue weighted by atomic mass is 10.0. The first-order valence-electron chi connectivity index (χ1n) is 13.5. The van der Waals surface area contributed by atoms with Gasteiger partial charge in [0, 0.05) is 30.0 Å². The summed E-state index contributed by atoms with van der Waals surface area (Å²) in [5.74, 6) is -2.63. The lowest BCUT2D eigenvalue weighted by Crippen LogP contribution is -2.40. The number of carbonyl (C=O) groups is 3. The predicted molar refractivity (Wildman–Crippen MR) is 162 cm³/mol. The van der Waals surface area contributed by atoms with Crippen LogP contribution in [0.2, 0.25) is 0 Å². The van der Waals surface area contributed by atoms with E-state index in [1.807, 2.05) is 17.7 Å². The van der Waals surface area contributed by atoms with Crippen LogP contribution in [0.4, 0.5) is 0 Å². The van der Waals surface area contributed by atoms with Crippen molar-refractivity contribution in [1.29, 1.82) is 0 Å². The molecule has 4 aromatic rings. The Hall–Kier alpha value is -4.39. The minimum atomic E-state index is -4.08. The van der Waals surface area contributed by atoms with Gasteiger partial charge in [0.05, 0.1) is 21.5 Å². The highest BCUT2D eigenvalue weighted by atomic mass is 32.2. The first kappa shape index (κ1) is 31.5. The number of amides is 2. The summed E-state index contributed by atoms with van der Waals surface area (Å²) in [5.41, 5.74) is 2.97. The van der Waals surface area contributed by atoms with Gasteiger partial charge in [-0.1, -0.05) is 67.9 Å². The summed E-state index contributed by atoms with van der Waals surface area (Å²) in [6.07, 6.45) is 1.84. The number of carbonyl (C=O) groups excluding carboxylic acids is 2. The third kappa shape index (κ3) is 7.72. The Labute approximate surface area is 253 Å². The molecule has 43 heavy (non-hydrogen) atoms. The van der Waals surface area contributed by atoms with Crippen molar-refractivity contribution in [1.82, 2.24) is 15.0 Å². The summed E-state index contributed by atoms with van der Waals surface area (Å²) < 4.78 is 27.4. The smallest absolute Gasteiger partial charge is 0.335 e. The zero-order valence-corrected chi connectivity index (χ0v) is 25.1. The van der Waals surface area contributed by atoms with Gasteiger partial charge in [0.15, 0.2) is 6.10 Å². The molecule has 2 aromatic heterocycles. The van der Waals surface area contributed by atoms with E-state index in [1.165, 1.54) is 17.4 Å². The topological polar surface area (TPSA) is 163 Å². The van der Waals surface area contributed by atoms with E-state index in [2.05, 4.69) is 10.3 Å². The summed E-state index contributed by atoms with van der Waals surface area (Å²) in [6, 6.07) is 18.9. The van der Waals surface area contributed by atoms with E-state index in [0.29, 0.717) is 28.1 Å². The Balaban J connectivity index is 1.58. The molecular weight excluding hydrogens is 590 g/mol. The van der Waals surface area contributed by atoms with Crippen LogP contribution in [0.15, 0.2) is 83.9 Å². The molecule has 2 atom stereocenters. The summed E-state index contributed by atoms with van der Waals surface area (Å²) in [6.45, 7) is 3.15. The molecule has 10 nitrogen and oxygen atoms in total. The van der Waals surface area contributed by atoms with Crippen LogP contribution < -0.4 is 10.0 Å². The molecule has 4 N–H and O–H groups in total. The summed E-state index contributed by atoms with van der Waals surface area (Å²) >= 11 is 1.32. The van der Waals surface area contributed by atoms with Gasteiger partial charge in [0.2, 0.25) is 5.91 Å². The van der Waals surface area contributed by atoms with Crippen molar-refractivity contribution in [2.45, 2.75) is 50.2 Å². The van der Waals surface area contributed by atoms with Crippen LogP contribution in [-0.4, -0.2) is 47.5 Å². The number of pyridine rings is 1. The number of aromatic nitrogens is 1. The second-order valence-electron chi connectivity index (χ2n) is 9.84. The molecule has 0 aliphatic carbocycles. The molecule has 2 amide bonds. The number of thiophene rings is 1. The number of carboxylic acids is 1. The number of aliphatic carboxylic acids is 1. The van der Waals surface area contributed by atoms with E-state index in [9.17, 15) is 33.0 Å². The van der Waals surface area contributed by atoms with Crippen molar-refractivity contribution in [3.63, 3.8) is 0 Å². The largest absolute Gasteiger partial charge is 0.479 e. The Morgan fingerprint density at radius 3 is 2.33 bits per heavy atom. The van der Waals surface area contributed by atoms with Crippen molar-refractivity contribution < 1.29 is 33.0 Å². The Morgan fingerprint density at radius 2 is 1.70 bits per heavy atom. The first-order chi connectivity index (χ1) is 20.5. The quantitative estimate of drug-likeness (QED) is 0.184. The van der Waals surface area contributed by atoms with Gasteiger partial charge in [-0.2, -0.15) is 0 Å². The number of aryl methyl sites for hydroxylation is 1. The second kappa shape index (κ2) is 13.7. The average molecular weight is 622 g/mol. The fourth-order valence-corrected chi connectivity index (χ4v) is 6.99. The molecule has 0 aliphatic heterocycles. The minimum absolute atomic E-state index is 0.0639. The van der Waals surface area contributed by atoms with Gasteiger partial charge in [-0.25, -0.2) is 17.9 Å². The van der Waals surface area contributed by atoms with Crippen molar-refractivity contribution in [2.75, 3.05) is 0 Å². The summed E-state index contributed by atoms with van der Waals surface area (Å²) in [4.78, 5) is 42.1. The number of hydrogen-bond acceptors (Lipinski definition) is 8. The Kier molecular flexibility index (Phi) is 10.1. The molecule has 224 valence electrons. The van der Waals surface area contributed by atoms with Crippen molar-refractivity contribution in [3.8, 4) is 11.3 Å². The van der Waals surface area contributed by atoms with Gasteiger partial charge in [-0.15, -0.1) is 11.3 Å². The maximum Gasteiger partial charge on any atom is 0.335 e. The molecule has 0 saturated heterocycles. The molecule has 0 spiro atoms. The molecule has 2 unspecified atom stereocenters. The van der Waals surface area contributed by atoms with E-state index in [0.717, 1.165) is 35.8 Å². The van der Waals surface area contributed by atoms with Crippen LogP contribution in [0.1, 0.15) is 57.5 Å². The number of nitrogens with one attached hydrogen (secondary N) is 2. The Morgan fingerprint density at radius 1 is 1.00 bits per heavy atom. The maximum atomic E-state index is 13.3. The van der Waals surface area contributed by atoms with E-state index < -0.39 is 40.0 Å². The molecule has 4 rings (SSSR count). The average Bonchev–Trinajstić information content (AvgIpc) is 3.38. The number of rotatable bonds is 12. The first-order valence-corrected chi connectivity index (χ1v) is 15.8. The zero-order chi connectivity index (χ0) is 31.1. The lowest BCUT2D eigenvalue weighted by molar-refractivity contribution is -0.148. The van der Waals surface area contributed by atoms with Crippen molar-refractivity contribution in [2.24, 2.45) is 0 Å². The summed E-state index contributed by atoms with van der Waals surface area (Å²) in [5, 5.41) is 22.4. The number of carboxylic acid groups (broad SMARTS) is 1. The minimum Gasteiger partial charge on any atom is -0.479 e. The third-order valence-corrected chi connectivity index (χ3v) is 9.29. The molecule has 0 fully saturated rings. The van der Waals surface area contributed by atoms with E-state index in [-0.39, 0.29) is 4.90 Å². The molecule has 0 bridgehead atoms. The number of aliphatic hydroxyl groups excluding tert-OH is 1. The van der Waals surface area contributed by atoms with Gasteiger partial charge < -0.3 is 15.5 Å². The van der Waals surface area contributed by atoms with Crippen LogP contribution in [0.3, 0.4) is 0 Å². The SMILES string of the molecule is CCCc1sc(C(=O)NC(c2ccccc2)C(O)C(=O)O)cc1Cc1ccc(-c2ccccc2S(=O)(=O)NC(C)=O)nc1. The Bertz CT molecular complexity index is 1720. The van der Waals surface area contributed by atoms with Crippen LogP contribution >= 0.6 is 11.3 Å². The van der Waals surface area contributed by atoms with Crippen LogP contribution in [0.5, 0.6) is 0 Å². The van der Waals surface area contributed by atoms with Gasteiger partial charge in [0.1, 0.15) is 0 Å². The number of nitrogens with zero attached hydrogens (tertiary/aromatic N) is 1. The van der Waals surface area contributed by atoms with Crippen LogP contribution in [-0.2, 0) is 32.5 Å². The zero-order valence-electron chi connectivity index (χ0n) is 23.5. The number of aliphatic hydroxyl groups is 1. The lowest BCUT2D eigenvalue weighted by Gasteiger charge is -2.21. The molecule has 12 heteroatoms. The monoisotopic (exact) mass is 621 g/mol. The molecule has 2 heterocycles. The number of sulfonamides is 1. The highest BCUT2D eigenvalue weighted by molar-refractivity contribution is 7.90. The fourth-order valence-electron chi connectivity index (χ4n) is 4.59. The van der Waals surface area contributed by atoms with Gasteiger partial charge in [-0.3, -0.25) is 14.6 Å². The maximum absolute atomic E-state index is 13.3. The molecule has 2 aromatic carbocycles. The molecular formula is C31H31N3O7S2.